The number of hydrogen-bond donors (Lipinski definition) is 0. The Bertz CT molecular complexity index is 568. The maximum atomic E-state index is 12.2. The standard InChI is InChI=1S/C13H15N3O3/c1-15-12(16-5-2-3-6-16)11(8-14-15)13(17)19-10-4-7-18-9-10/h2-3,5-6,8,10H,4,7,9H2,1H3/t10-/m0/s1. The molecule has 0 spiro atoms. The number of rotatable bonds is 3. The zero-order valence-electron chi connectivity index (χ0n) is 10.7. The lowest BCUT2D eigenvalue weighted by molar-refractivity contribution is 0.0270. The molecular weight excluding hydrogens is 246 g/mol. The van der Waals surface area contributed by atoms with Crippen LogP contribution in [0, 0.1) is 0 Å². The van der Waals surface area contributed by atoms with Crippen molar-refractivity contribution in [1.82, 2.24) is 14.3 Å². The van der Waals surface area contributed by atoms with Gasteiger partial charge < -0.3 is 14.0 Å². The van der Waals surface area contributed by atoms with Crippen molar-refractivity contribution >= 4 is 5.97 Å². The van der Waals surface area contributed by atoms with Crippen LogP contribution in [-0.2, 0) is 16.5 Å². The van der Waals surface area contributed by atoms with Gasteiger partial charge in [-0.15, -0.1) is 0 Å². The van der Waals surface area contributed by atoms with E-state index in [9.17, 15) is 4.79 Å². The van der Waals surface area contributed by atoms with E-state index in [1.54, 1.807) is 11.7 Å². The number of aryl methyl sites for hydroxylation is 1. The van der Waals surface area contributed by atoms with Crippen LogP contribution in [0.25, 0.3) is 5.82 Å². The number of ether oxygens (including phenoxy) is 2. The van der Waals surface area contributed by atoms with Crippen molar-refractivity contribution in [3.05, 3.63) is 36.3 Å². The number of carbonyl (C=O) groups is 1. The van der Waals surface area contributed by atoms with E-state index in [1.807, 2.05) is 29.1 Å². The highest BCUT2D eigenvalue weighted by atomic mass is 16.6. The second-order valence-corrected chi connectivity index (χ2v) is 4.49. The van der Waals surface area contributed by atoms with Crippen molar-refractivity contribution in [2.75, 3.05) is 13.2 Å². The summed E-state index contributed by atoms with van der Waals surface area (Å²) in [5, 5.41) is 4.13. The molecule has 0 aliphatic carbocycles. The third-order valence-electron chi connectivity index (χ3n) is 3.14. The van der Waals surface area contributed by atoms with E-state index in [4.69, 9.17) is 9.47 Å². The number of nitrogens with zero attached hydrogens (tertiary/aromatic N) is 3. The fraction of sp³-hybridized carbons (Fsp3) is 0.385. The molecule has 1 atom stereocenters. The fourth-order valence-electron chi connectivity index (χ4n) is 2.18. The van der Waals surface area contributed by atoms with Gasteiger partial charge in [-0.2, -0.15) is 5.10 Å². The van der Waals surface area contributed by atoms with E-state index in [0.29, 0.717) is 24.6 Å². The summed E-state index contributed by atoms with van der Waals surface area (Å²) in [5.41, 5.74) is 0.464. The lowest BCUT2D eigenvalue weighted by Gasteiger charge is -2.11. The minimum Gasteiger partial charge on any atom is -0.456 e. The van der Waals surface area contributed by atoms with Crippen molar-refractivity contribution in [3.8, 4) is 5.82 Å². The lowest BCUT2D eigenvalue weighted by atomic mass is 10.3. The van der Waals surface area contributed by atoms with E-state index in [-0.39, 0.29) is 12.1 Å². The summed E-state index contributed by atoms with van der Waals surface area (Å²) in [6.45, 7) is 1.13. The molecule has 0 amide bonds. The van der Waals surface area contributed by atoms with Crippen molar-refractivity contribution in [3.63, 3.8) is 0 Å². The minimum absolute atomic E-state index is 0.148. The van der Waals surface area contributed by atoms with Gasteiger partial charge in [-0.3, -0.25) is 4.68 Å². The Hall–Kier alpha value is -2.08. The third-order valence-corrected chi connectivity index (χ3v) is 3.14. The van der Waals surface area contributed by atoms with Crippen LogP contribution in [0.5, 0.6) is 0 Å². The van der Waals surface area contributed by atoms with E-state index >= 15 is 0 Å². The van der Waals surface area contributed by atoms with Crippen molar-refractivity contribution < 1.29 is 14.3 Å². The molecule has 1 saturated heterocycles. The molecule has 6 heteroatoms. The molecule has 3 rings (SSSR count). The monoisotopic (exact) mass is 261 g/mol. The highest BCUT2D eigenvalue weighted by Gasteiger charge is 2.24. The molecule has 1 fully saturated rings. The molecule has 3 heterocycles. The SMILES string of the molecule is Cn1ncc(C(=O)O[C@H]2CCOC2)c1-n1cccc1. The molecule has 2 aromatic rings. The normalized spacial score (nSPS) is 18.7. The average molecular weight is 261 g/mol. The average Bonchev–Trinajstić information content (AvgIpc) is 3.08. The molecule has 1 aliphatic heterocycles. The Kier molecular flexibility index (Phi) is 3.08. The quantitative estimate of drug-likeness (QED) is 0.778. The van der Waals surface area contributed by atoms with Crippen molar-refractivity contribution in [2.24, 2.45) is 7.05 Å². The first kappa shape index (κ1) is 12.0. The largest absolute Gasteiger partial charge is 0.456 e. The van der Waals surface area contributed by atoms with Gasteiger partial charge in [0.15, 0.2) is 0 Å². The topological polar surface area (TPSA) is 58.3 Å². The molecule has 1 aliphatic rings. The molecule has 0 unspecified atom stereocenters. The third kappa shape index (κ3) is 2.26. The van der Waals surface area contributed by atoms with Gasteiger partial charge in [0.05, 0.1) is 19.4 Å². The molecule has 0 N–H and O–H groups in total. The molecule has 0 saturated carbocycles. The highest BCUT2D eigenvalue weighted by Crippen LogP contribution is 2.17. The number of aromatic nitrogens is 3. The van der Waals surface area contributed by atoms with Crippen molar-refractivity contribution in [1.29, 1.82) is 0 Å². The summed E-state index contributed by atoms with van der Waals surface area (Å²) in [6, 6.07) is 3.79. The van der Waals surface area contributed by atoms with Crippen LogP contribution in [0.1, 0.15) is 16.8 Å². The summed E-state index contributed by atoms with van der Waals surface area (Å²) in [7, 11) is 1.80. The summed E-state index contributed by atoms with van der Waals surface area (Å²) >= 11 is 0. The van der Waals surface area contributed by atoms with Gasteiger partial charge in [-0.1, -0.05) is 0 Å². The second kappa shape index (κ2) is 4.89. The Balaban J connectivity index is 1.86. The van der Waals surface area contributed by atoms with Crippen LogP contribution in [0.3, 0.4) is 0 Å². The number of carbonyl (C=O) groups excluding carboxylic acids is 1. The molecule has 0 aromatic carbocycles. The van der Waals surface area contributed by atoms with E-state index in [2.05, 4.69) is 5.10 Å². The first-order valence-electron chi connectivity index (χ1n) is 6.20. The van der Waals surface area contributed by atoms with Crippen LogP contribution in [-0.4, -0.2) is 39.6 Å². The molecule has 19 heavy (non-hydrogen) atoms. The second-order valence-electron chi connectivity index (χ2n) is 4.49. The first-order valence-corrected chi connectivity index (χ1v) is 6.20. The van der Waals surface area contributed by atoms with Gasteiger partial charge in [-0.05, 0) is 12.1 Å². The number of esters is 1. The molecule has 0 bridgehead atoms. The summed E-state index contributed by atoms with van der Waals surface area (Å²) in [5.74, 6) is 0.348. The van der Waals surface area contributed by atoms with Gasteiger partial charge in [0.25, 0.3) is 0 Å². The number of hydrogen-bond acceptors (Lipinski definition) is 4. The van der Waals surface area contributed by atoms with Gasteiger partial charge >= 0.3 is 5.97 Å². The first-order chi connectivity index (χ1) is 9.25. The molecule has 100 valence electrons. The van der Waals surface area contributed by atoms with E-state index in [1.165, 1.54) is 6.20 Å². The van der Waals surface area contributed by atoms with E-state index < -0.39 is 0 Å². The summed E-state index contributed by atoms with van der Waals surface area (Å²) < 4.78 is 14.1. The maximum absolute atomic E-state index is 12.2. The van der Waals surface area contributed by atoms with Crippen LogP contribution < -0.4 is 0 Å². The summed E-state index contributed by atoms with van der Waals surface area (Å²) in [4.78, 5) is 12.2. The Labute approximate surface area is 110 Å². The lowest BCUT2D eigenvalue weighted by Crippen LogP contribution is -2.19. The van der Waals surface area contributed by atoms with Gasteiger partial charge in [0, 0.05) is 25.9 Å². The Morgan fingerprint density at radius 1 is 1.47 bits per heavy atom. The Morgan fingerprint density at radius 2 is 2.26 bits per heavy atom. The van der Waals surface area contributed by atoms with Crippen LogP contribution in [0.4, 0.5) is 0 Å². The summed E-state index contributed by atoms with van der Waals surface area (Å²) in [6.07, 6.45) is 5.88. The predicted molar refractivity (Wildman–Crippen MR) is 67.2 cm³/mol. The minimum atomic E-state index is -0.354. The van der Waals surface area contributed by atoms with Gasteiger partial charge in [-0.25, -0.2) is 4.79 Å². The van der Waals surface area contributed by atoms with Gasteiger partial charge in [0.1, 0.15) is 17.5 Å². The Morgan fingerprint density at radius 3 is 2.95 bits per heavy atom. The maximum Gasteiger partial charge on any atom is 0.343 e. The van der Waals surface area contributed by atoms with Gasteiger partial charge in [0.2, 0.25) is 0 Å². The van der Waals surface area contributed by atoms with Crippen LogP contribution in [0.15, 0.2) is 30.7 Å². The van der Waals surface area contributed by atoms with E-state index in [0.717, 1.165) is 6.42 Å². The highest BCUT2D eigenvalue weighted by molar-refractivity contribution is 5.92. The fourth-order valence-corrected chi connectivity index (χ4v) is 2.18. The smallest absolute Gasteiger partial charge is 0.343 e. The zero-order valence-corrected chi connectivity index (χ0v) is 10.7. The van der Waals surface area contributed by atoms with Crippen molar-refractivity contribution in [2.45, 2.75) is 12.5 Å². The predicted octanol–water partition coefficient (Wildman–Crippen LogP) is 1.16. The molecule has 2 aromatic heterocycles. The molecular formula is C13H15N3O3. The molecule has 0 radical (unpaired) electrons. The molecule has 6 nitrogen and oxygen atoms in total. The zero-order chi connectivity index (χ0) is 13.2. The van der Waals surface area contributed by atoms with Crippen LogP contribution in [0.2, 0.25) is 0 Å². The van der Waals surface area contributed by atoms with Crippen LogP contribution >= 0.6 is 0 Å².